The van der Waals surface area contributed by atoms with E-state index in [-0.39, 0.29) is 5.02 Å². The monoisotopic (exact) mass is 393 g/mol. The highest BCUT2D eigenvalue weighted by molar-refractivity contribution is 6.44. The largest absolute Gasteiger partial charge is 0.378 e. The van der Waals surface area contributed by atoms with Crippen LogP contribution in [0.1, 0.15) is 13.8 Å². The summed E-state index contributed by atoms with van der Waals surface area (Å²) in [7, 11) is 3.87. The SMILES string of the molecule is CN(C)c1ccc(NC(=O)C(C)(C)C(=O)Nc2cccc(Cl)c2Cl)cc1. The van der Waals surface area contributed by atoms with Gasteiger partial charge in [-0.25, -0.2) is 0 Å². The number of carbonyl (C=O) groups is 2. The van der Waals surface area contributed by atoms with E-state index in [1.165, 1.54) is 0 Å². The minimum Gasteiger partial charge on any atom is -0.378 e. The van der Waals surface area contributed by atoms with Crippen molar-refractivity contribution in [3.63, 3.8) is 0 Å². The molecule has 0 atom stereocenters. The molecule has 0 aromatic heterocycles. The lowest BCUT2D eigenvalue weighted by atomic mass is 9.90. The average Bonchev–Trinajstić information content (AvgIpc) is 2.59. The summed E-state index contributed by atoms with van der Waals surface area (Å²) in [6.45, 7) is 3.09. The lowest BCUT2D eigenvalue weighted by Crippen LogP contribution is -2.41. The molecule has 0 aliphatic rings. The Bertz CT molecular complexity index is 818. The quantitative estimate of drug-likeness (QED) is 0.725. The third-order valence-electron chi connectivity index (χ3n) is 3.98. The van der Waals surface area contributed by atoms with E-state index in [4.69, 9.17) is 23.2 Å². The van der Waals surface area contributed by atoms with Crippen LogP contribution < -0.4 is 15.5 Å². The summed E-state index contributed by atoms with van der Waals surface area (Å²) in [5.74, 6) is -0.908. The van der Waals surface area contributed by atoms with Gasteiger partial charge in [-0.05, 0) is 50.2 Å². The Balaban J connectivity index is 2.10. The average molecular weight is 394 g/mol. The normalized spacial score (nSPS) is 11.0. The minimum absolute atomic E-state index is 0.234. The van der Waals surface area contributed by atoms with Crippen molar-refractivity contribution < 1.29 is 9.59 Å². The van der Waals surface area contributed by atoms with Crippen LogP contribution in [-0.2, 0) is 9.59 Å². The summed E-state index contributed by atoms with van der Waals surface area (Å²) < 4.78 is 0. The highest BCUT2D eigenvalue weighted by Gasteiger charge is 2.36. The van der Waals surface area contributed by atoms with Gasteiger partial charge in [0, 0.05) is 25.5 Å². The first kappa shape index (κ1) is 20.1. The van der Waals surface area contributed by atoms with Crippen molar-refractivity contribution in [1.29, 1.82) is 0 Å². The first-order chi connectivity index (χ1) is 12.1. The molecule has 0 saturated carbocycles. The predicted octanol–water partition coefficient (Wildman–Crippen LogP) is 4.66. The van der Waals surface area contributed by atoms with Gasteiger partial charge in [0.1, 0.15) is 5.41 Å². The van der Waals surface area contributed by atoms with E-state index in [1.807, 2.05) is 31.1 Å². The molecule has 2 aromatic carbocycles. The highest BCUT2D eigenvalue weighted by atomic mass is 35.5. The minimum atomic E-state index is -1.31. The molecule has 26 heavy (non-hydrogen) atoms. The maximum absolute atomic E-state index is 12.6. The topological polar surface area (TPSA) is 61.4 Å². The molecule has 0 bridgehead atoms. The van der Waals surface area contributed by atoms with Crippen LogP contribution in [0.5, 0.6) is 0 Å². The van der Waals surface area contributed by atoms with E-state index in [9.17, 15) is 9.59 Å². The van der Waals surface area contributed by atoms with Gasteiger partial charge in [0.05, 0.1) is 15.7 Å². The number of carbonyl (C=O) groups excluding carboxylic acids is 2. The predicted molar refractivity (Wildman–Crippen MR) is 108 cm³/mol. The number of nitrogens with one attached hydrogen (secondary N) is 2. The Morgan fingerprint density at radius 1 is 0.923 bits per heavy atom. The molecule has 0 aliphatic carbocycles. The van der Waals surface area contributed by atoms with Crippen molar-refractivity contribution in [3.05, 3.63) is 52.5 Å². The molecular weight excluding hydrogens is 373 g/mol. The zero-order chi connectivity index (χ0) is 19.5. The van der Waals surface area contributed by atoms with Gasteiger partial charge in [0.2, 0.25) is 11.8 Å². The summed E-state index contributed by atoms with van der Waals surface area (Å²) in [6, 6.07) is 12.3. The smallest absolute Gasteiger partial charge is 0.239 e. The second-order valence-corrected chi connectivity index (χ2v) is 7.36. The third-order valence-corrected chi connectivity index (χ3v) is 4.80. The molecule has 0 radical (unpaired) electrons. The fraction of sp³-hybridized carbons (Fsp3) is 0.263. The zero-order valence-electron chi connectivity index (χ0n) is 15.1. The Labute approximate surface area is 163 Å². The molecule has 0 heterocycles. The van der Waals surface area contributed by atoms with E-state index in [0.29, 0.717) is 16.4 Å². The number of benzene rings is 2. The van der Waals surface area contributed by atoms with Crippen molar-refractivity contribution in [1.82, 2.24) is 0 Å². The molecule has 2 N–H and O–H groups in total. The van der Waals surface area contributed by atoms with Gasteiger partial charge in [-0.1, -0.05) is 29.3 Å². The summed E-state index contributed by atoms with van der Waals surface area (Å²) in [5, 5.41) is 5.98. The van der Waals surface area contributed by atoms with E-state index in [2.05, 4.69) is 10.6 Å². The molecule has 0 spiro atoms. The number of halogens is 2. The fourth-order valence-corrected chi connectivity index (χ4v) is 2.46. The Morgan fingerprint density at radius 3 is 2.08 bits per heavy atom. The molecule has 0 saturated heterocycles. The lowest BCUT2D eigenvalue weighted by Gasteiger charge is -2.23. The summed E-state index contributed by atoms with van der Waals surface area (Å²) in [5.41, 5.74) is 0.671. The van der Waals surface area contributed by atoms with Gasteiger partial charge in [-0.15, -0.1) is 0 Å². The maximum Gasteiger partial charge on any atom is 0.239 e. The molecule has 0 fully saturated rings. The van der Waals surface area contributed by atoms with E-state index >= 15 is 0 Å². The highest BCUT2D eigenvalue weighted by Crippen LogP contribution is 2.31. The number of hydrogen-bond acceptors (Lipinski definition) is 3. The van der Waals surface area contributed by atoms with Crippen LogP contribution >= 0.6 is 23.2 Å². The molecule has 2 aromatic rings. The second-order valence-electron chi connectivity index (χ2n) is 6.58. The van der Waals surface area contributed by atoms with Crippen LogP contribution in [0, 0.1) is 5.41 Å². The van der Waals surface area contributed by atoms with Crippen LogP contribution in [0.2, 0.25) is 10.0 Å². The van der Waals surface area contributed by atoms with E-state index in [1.54, 1.807) is 44.2 Å². The van der Waals surface area contributed by atoms with Gasteiger partial charge in [-0.2, -0.15) is 0 Å². The summed E-state index contributed by atoms with van der Waals surface area (Å²) in [4.78, 5) is 27.1. The summed E-state index contributed by atoms with van der Waals surface area (Å²) >= 11 is 12.0. The molecule has 5 nitrogen and oxygen atoms in total. The third kappa shape index (κ3) is 4.48. The molecular formula is C19H21Cl2N3O2. The number of rotatable bonds is 5. The van der Waals surface area contributed by atoms with Crippen molar-refractivity contribution in [2.45, 2.75) is 13.8 Å². The number of nitrogens with zero attached hydrogens (tertiary/aromatic N) is 1. The number of amides is 2. The number of hydrogen-bond donors (Lipinski definition) is 2. The van der Waals surface area contributed by atoms with Crippen molar-refractivity contribution in [3.8, 4) is 0 Å². The molecule has 138 valence electrons. The maximum atomic E-state index is 12.6. The van der Waals surface area contributed by atoms with Crippen LogP contribution in [0.15, 0.2) is 42.5 Å². The Hall–Kier alpha value is -2.24. The first-order valence-corrected chi connectivity index (χ1v) is 8.73. The van der Waals surface area contributed by atoms with E-state index in [0.717, 1.165) is 5.69 Å². The molecule has 2 amide bonds. The van der Waals surface area contributed by atoms with Gasteiger partial charge in [0.25, 0.3) is 0 Å². The van der Waals surface area contributed by atoms with Crippen LogP contribution in [0.25, 0.3) is 0 Å². The van der Waals surface area contributed by atoms with Crippen LogP contribution in [0.3, 0.4) is 0 Å². The fourth-order valence-electron chi connectivity index (χ4n) is 2.11. The second kappa shape index (κ2) is 7.98. The van der Waals surface area contributed by atoms with Gasteiger partial charge in [0.15, 0.2) is 0 Å². The molecule has 2 rings (SSSR count). The lowest BCUT2D eigenvalue weighted by molar-refractivity contribution is -0.135. The van der Waals surface area contributed by atoms with Gasteiger partial charge >= 0.3 is 0 Å². The standard InChI is InChI=1S/C19H21Cl2N3O2/c1-19(2,18(26)23-15-7-5-6-14(20)16(15)21)17(25)22-12-8-10-13(11-9-12)24(3)4/h5-11H,1-4H3,(H,22,25)(H,23,26). The Morgan fingerprint density at radius 2 is 1.50 bits per heavy atom. The van der Waals surface area contributed by atoms with Crippen molar-refractivity contribution in [2.75, 3.05) is 29.6 Å². The Kier molecular flexibility index (Phi) is 6.16. The van der Waals surface area contributed by atoms with E-state index < -0.39 is 17.2 Å². The molecule has 0 unspecified atom stereocenters. The summed E-state index contributed by atoms with van der Waals surface area (Å²) in [6.07, 6.45) is 0. The number of anilines is 3. The van der Waals surface area contributed by atoms with Gasteiger partial charge < -0.3 is 15.5 Å². The van der Waals surface area contributed by atoms with Crippen LogP contribution in [-0.4, -0.2) is 25.9 Å². The van der Waals surface area contributed by atoms with Crippen molar-refractivity contribution in [2.24, 2.45) is 5.41 Å². The van der Waals surface area contributed by atoms with Crippen LogP contribution in [0.4, 0.5) is 17.1 Å². The molecule has 7 heteroatoms. The molecule has 0 aliphatic heterocycles. The van der Waals surface area contributed by atoms with Crippen molar-refractivity contribution >= 4 is 52.1 Å². The zero-order valence-corrected chi connectivity index (χ0v) is 16.6. The van der Waals surface area contributed by atoms with Gasteiger partial charge in [-0.3, -0.25) is 9.59 Å². The first-order valence-electron chi connectivity index (χ1n) is 7.97.